The van der Waals surface area contributed by atoms with Crippen molar-refractivity contribution >= 4 is 21.7 Å². The summed E-state index contributed by atoms with van der Waals surface area (Å²) in [4.78, 5) is 11.2. The molecule has 1 fully saturated rings. The molecule has 9 nitrogen and oxygen atoms in total. The quantitative estimate of drug-likeness (QED) is 0.585. The number of rotatable bonds is 7. The van der Waals surface area contributed by atoms with Crippen molar-refractivity contribution in [2.45, 2.75) is 42.0 Å². The van der Waals surface area contributed by atoms with Gasteiger partial charge in [0.1, 0.15) is 23.7 Å². The predicted octanol–water partition coefficient (Wildman–Crippen LogP) is 1.97. The number of benzene rings is 2. The minimum atomic E-state index is -3.85. The molecule has 2 aromatic rings. The fraction of sp³-hybridized carbons (Fsp3) is 0.381. The summed E-state index contributed by atoms with van der Waals surface area (Å²) in [6.07, 6.45) is -1.48. The van der Waals surface area contributed by atoms with E-state index in [1.54, 1.807) is 30.3 Å². The second-order valence-electron chi connectivity index (χ2n) is 7.54. The third-order valence-electron chi connectivity index (χ3n) is 5.51. The molecule has 0 aliphatic carbocycles. The van der Waals surface area contributed by atoms with Crippen LogP contribution in [0.3, 0.4) is 0 Å². The lowest BCUT2D eigenvalue weighted by Crippen LogP contribution is -2.46. The number of anilines is 1. The van der Waals surface area contributed by atoms with Crippen molar-refractivity contribution in [2.75, 3.05) is 18.4 Å². The molecule has 0 aromatic heterocycles. The number of carboxylic acids is 1. The minimum Gasteiger partial charge on any atom is -0.497 e. The Bertz CT molecular complexity index is 1090. The summed E-state index contributed by atoms with van der Waals surface area (Å²) in [6.45, 7) is -0.305. The van der Waals surface area contributed by atoms with Gasteiger partial charge in [-0.05, 0) is 36.8 Å². The van der Waals surface area contributed by atoms with Gasteiger partial charge in [0, 0.05) is 23.2 Å². The molecule has 4 atom stereocenters. The van der Waals surface area contributed by atoms with Crippen LogP contribution in [0.15, 0.2) is 47.4 Å². The molecule has 3 N–H and O–H groups in total. The van der Waals surface area contributed by atoms with Crippen molar-refractivity contribution in [1.82, 2.24) is 0 Å². The first-order chi connectivity index (χ1) is 14.8. The van der Waals surface area contributed by atoms with E-state index in [1.807, 2.05) is 0 Å². The van der Waals surface area contributed by atoms with Gasteiger partial charge in [-0.3, -0.25) is 9.52 Å². The monoisotopic (exact) mass is 449 g/mol. The fourth-order valence-electron chi connectivity index (χ4n) is 4.13. The van der Waals surface area contributed by atoms with E-state index in [0.29, 0.717) is 23.6 Å². The average Bonchev–Trinajstić information content (AvgIpc) is 3.10. The number of hydrogen-bond acceptors (Lipinski definition) is 7. The summed E-state index contributed by atoms with van der Waals surface area (Å²) in [5, 5.41) is 18.8. The lowest BCUT2D eigenvalue weighted by atomic mass is 9.84. The number of sulfonamides is 1. The van der Waals surface area contributed by atoms with Crippen LogP contribution in [0.2, 0.25) is 0 Å². The van der Waals surface area contributed by atoms with Crippen molar-refractivity contribution in [2.24, 2.45) is 0 Å². The van der Waals surface area contributed by atoms with Crippen LogP contribution in [0.4, 0.5) is 5.69 Å². The molecule has 4 rings (SSSR count). The highest BCUT2D eigenvalue weighted by molar-refractivity contribution is 7.92. The molecule has 0 saturated carbocycles. The number of fused-ring (bicyclic) bond motifs is 3. The van der Waals surface area contributed by atoms with Crippen LogP contribution in [0.1, 0.15) is 24.3 Å². The van der Waals surface area contributed by atoms with Gasteiger partial charge in [0.05, 0.1) is 31.1 Å². The zero-order valence-electron chi connectivity index (χ0n) is 16.7. The molecule has 2 aliphatic heterocycles. The summed E-state index contributed by atoms with van der Waals surface area (Å²) in [5.41, 5.74) is 1.11. The zero-order chi connectivity index (χ0) is 22.2. The molecule has 0 bridgehead atoms. The minimum absolute atomic E-state index is 0.0643. The normalized spacial score (nSPS) is 24.6. The summed E-state index contributed by atoms with van der Waals surface area (Å²) >= 11 is 0. The van der Waals surface area contributed by atoms with E-state index >= 15 is 0 Å². The van der Waals surface area contributed by atoms with Crippen LogP contribution >= 0.6 is 0 Å². The third kappa shape index (κ3) is 4.32. The zero-order valence-corrected chi connectivity index (χ0v) is 17.5. The van der Waals surface area contributed by atoms with Crippen LogP contribution in [0.25, 0.3) is 0 Å². The highest BCUT2D eigenvalue weighted by Gasteiger charge is 2.46. The van der Waals surface area contributed by atoms with Crippen molar-refractivity contribution < 1.29 is 37.6 Å². The highest BCUT2D eigenvalue weighted by atomic mass is 32.2. The Balaban J connectivity index is 1.60. The lowest BCUT2D eigenvalue weighted by Gasteiger charge is -2.36. The Kier molecular flexibility index (Phi) is 5.78. The number of aliphatic hydroxyl groups is 1. The van der Waals surface area contributed by atoms with Crippen molar-refractivity contribution in [3.05, 3.63) is 48.0 Å². The van der Waals surface area contributed by atoms with Crippen LogP contribution in [0.5, 0.6) is 11.5 Å². The Hall–Kier alpha value is -2.82. The van der Waals surface area contributed by atoms with Gasteiger partial charge in [-0.1, -0.05) is 6.07 Å². The lowest BCUT2D eigenvalue weighted by molar-refractivity contribution is -0.153. The van der Waals surface area contributed by atoms with Gasteiger partial charge in [-0.25, -0.2) is 8.42 Å². The maximum Gasteiger partial charge on any atom is 0.305 e. The Labute approximate surface area is 179 Å². The summed E-state index contributed by atoms with van der Waals surface area (Å²) in [7, 11) is -2.39. The summed E-state index contributed by atoms with van der Waals surface area (Å²) < 4.78 is 44.9. The second-order valence-corrected chi connectivity index (χ2v) is 9.22. The standard InChI is InChI=1S/C21H23NO8S/c1-28-13-3-2-4-15(8-13)31(26,27)22-12-5-6-18-16(7-12)17-9-14(10-20(24)25)29-19(11-23)21(17)30-18/h2-8,14,17,19,21-23H,9-11H2,1H3,(H,24,25)/t14-,17-,19+,21+/m1/s1. The molecule has 10 heteroatoms. The average molecular weight is 449 g/mol. The van der Waals surface area contributed by atoms with E-state index in [9.17, 15) is 18.3 Å². The molecule has 0 radical (unpaired) electrons. The number of carboxylic acid groups (broad SMARTS) is 1. The van der Waals surface area contributed by atoms with Gasteiger partial charge in [0.2, 0.25) is 0 Å². The number of aliphatic hydroxyl groups excluding tert-OH is 1. The second kappa shape index (κ2) is 8.37. The number of nitrogens with one attached hydrogen (secondary N) is 1. The summed E-state index contributed by atoms with van der Waals surface area (Å²) in [5.74, 6) is -0.210. The molecular formula is C21H23NO8S. The topological polar surface area (TPSA) is 131 Å². The number of methoxy groups -OCH3 is 1. The predicted molar refractivity (Wildman–Crippen MR) is 110 cm³/mol. The van der Waals surface area contributed by atoms with E-state index in [1.165, 1.54) is 19.2 Å². The van der Waals surface area contributed by atoms with Gasteiger partial charge < -0.3 is 24.4 Å². The first kappa shape index (κ1) is 21.4. The van der Waals surface area contributed by atoms with E-state index in [4.69, 9.17) is 19.3 Å². The number of carbonyl (C=O) groups is 1. The molecule has 0 unspecified atom stereocenters. The maximum absolute atomic E-state index is 12.8. The highest BCUT2D eigenvalue weighted by Crippen LogP contribution is 2.47. The first-order valence-electron chi connectivity index (χ1n) is 9.76. The van der Waals surface area contributed by atoms with E-state index in [0.717, 1.165) is 5.56 Å². The van der Waals surface area contributed by atoms with Gasteiger partial charge in [0.25, 0.3) is 10.0 Å². The van der Waals surface area contributed by atoms with Crippen molar-refractivity contribution in [3.8, 4) is 11.5 Å². The number of aliphatic carboxylic acids is 1. The van der Waals surface area contributed by atoms with Gasteiger partial charge >= 0.3 is 5.97 Å². The molecule has 1 saturated heterocycles. The molecular weight excluding hydrogens is 426 g/mol. The Morgan fingerprint density at radius 1 is 1.26 bits per heavy atom. The van der Waals surface area contributed by atoms with E-state index in [2.05, 4.69) is 4.72 Å². The first-order valence-corrected chi connectivity index (χ1v) is 11.2. The number of hydrogen-bond donors (Lipinski definition) is 3. The summed E-state index contributed by atoms with van der Waals surface area (Å²) in [6, 6.07) is 11.1. The maximum atomic E-state index is 12.8. The third-order valence-corrected chi connectivity index (χ3v) is 6.88. The SMILES string of the molecule is COc1cccc(S(=O)(=O)Nc2ccc3c(c2)[C@H]2C[C@H](CC(=O)O)O[C@@H](CO)[C@H]2O3)c1. The number of ether oxygens (including phenoxy) is 3. The van der Waals surface area contributed by atoms with Gasteiger partial charge in [-0.15, -0.1) is 0 Å². The van der Waals surface area contributed by atoms with Gasteiger partial charge in [0.15, 0.2) is 0 Å². The molecule has 0 amide bonds. The Morgan fingerprint density at radius 3 is 2.77 bits per heavy atom. The van der Waals surface area contributed by atoms with Gasteiger partial charge in [-0.2, -0.15) is 0 Å². The van der Waals surface area contributed by atoms with E-state index in [-0.39, 0.29) is 23.8 Å². The molecule has 0 spiro atoms. The molecule has 2 heterocycles. The van der Waals surface area contributed by atoms with Crippen LogP contribution in [-0.2, 0) is 19.6 Å². The van der Waals surface area contributed by atoms with Crippen LogP contribution < -0.4 is 14.2 Å². The molecule has 2 aromatic carbocycles. The van der Waals surface area contributed by atoms with Crippen LogP contribution in [-0.4, -0.2) is 56.6 Å². The van der Waals surface area contributed by atoms with E-state index < -0.39 is 34.3 Å². The largest absolute Gasteiger partial charge is 0.497 e. The Morgan fingerprint density at radius 2 is 2.06 bits per heavy atom. The fourth-order valence-corrected chi connectivity index (χ4v) is 5.21. The van der Waals surface area contributed by atoms with Crippen molar-refractivity contribution in [1.29, 1.82) is 0 Å². The molecule has 166 valence electrons. The smallest absolute Gasteiger partial charge is 0.305 e. The van der Waals surface area contributed by atoms with Crippen LogP contribution in [0, 0.1) is 0 Å². The molecule has 31 heavy (non-hydrogen) atoms. The molecule has 2 aliphatic rings. The van der Waals surface area contributed by atoms with Crippen molar-refractivity contribution in [3.63, 3.8) is 0 Å².